The van der Waals surface area contributed by atoms with E-state index in [1.54, 1.807) is 0 Å². The monoisotopic (exact) mass is 1780 g/mol. The number of para-hydroxylation sites is 3. The van der Waals surface area contributed by atoms with Crippen molar-refractivity contribution >= 4 is 111 Å². The molecule has 3 aliphatic carbocycles. The third kappa shape index (κ3) is 12.8. The van der Waals surface area contributed by atoms with Crippen LogP contribution in [0.25, 0.3) is 165 Å². The highest BCUT2D eigenvalue weighted by molar-refractivity contribution is 7.99. The minimum absolute atomic E-state index is 0.0445. The summed E-state index contributed by atoms with van der Waals surface area (Å²) in [6.07, 6.45) is 0.967. The van der Waals surface area contributed by atoms with Gasteiger partial charge in [0.1, 0.15) is 0 Å². The van der Waals surface area contributed by atoms with Crippen LogP contribution in [0.4, 0.5) is 34.1 Å². The first-order valence-electron chi connectivity index (χ1n) is 48.6. The van der Waals surface area contributed by atoms with Crippen molar-refractivity contribution in [2.45, 2.75) is 114 Å². The molecular formula is C133H107N3S. The van der Waals surface area contributed by atoms with Gasteiger partial charge in [0.15, 0.2) is 0 Å². The largest absolute Gasteiger partial charge is 0.344 e. The van der Waals surface area contributed by atoms with Crippen LogP contribution >= 0.6 is 11.8 Å². The molecule has 6 aliphatic rings. The van der Waals surface area contributed by atoms with Gasteiger partial charge in [0.05, 0.1) is 11.4 Å². The molecule has 660 valence electrons. The Morgan fingerprint density at radius 1 is 0.190 bits per heavy atom. The molecule has 21 aromatic rings. The van der Waals surface area contributed by atoms with E-state index in [1.807, 2.05) is 11.8 Å². The van der Waals surface area contributed by atoms with E-state index < -0.39 is 0 Å². The Balaban J connectivity index is 0.000000109. The Bertz CT molecular complexity index is 8430. The van der Waals surface area contributed by atoms with Crippen molar-refractivity contribution in [3.05, 3.63) is 455 Å². The van der Waals surface area contributed by atoms with E-state index in [0.717, 1.165) is 6.42 Å². The Morgan fingerprint density at radius 2 is 0.467 bits per heavy atom. The van der Waals surface area contributed by atoms with Crippen molar-refractivity contribution in [3.8, 4) is 100 Å². The summed E-state index contributed by atoms with van der Waals surface area (Å²) in [5.41, 5.74) is 48.9. The molecule has 0 spiro atoms. The van der Waals surface area contributed by atoms with E-state index in [2.05, 4.69) is 494 Å². The number of rotatable bonds is 6. The summed E-state index contributed by atoms with van der Waals surface area (Å²) >= 11 is 1.86. The van der Waals surface area contributed by atoms with E-state index >= 15 is 0 Å². The molecule has 0 bridgehead atoms. The molecule has 21 aromatic carbocycles. The molecule has 0 fully saturated rings. The SMILES string of the molecule is Cc1ccc2c(-c3ccc4c(c3)N(C)c3ccccc3C4(C)C)c3ccccc3c(-c3ccc4c(c3)C(C)(C)c3ccccc3-4)c2c1.Cc1ccc2c(-c3ccc4c(c3)N(C)c3ccccc3C4)c3ccccc3c(-c3ccc4c(c3)C(C)(C)c3ccccc3-4)c2c1.Cc1ccc2c(-c3ccc4c(c3)N(C)c3ccccc3S4)c3ccccc3c(-c3ccc4c(c3)C(C)(C)c3ccccc3-4)c2c1. The van der Waals surface area contributed by atoms with Gasteiger partial charge in [0.2, 0.25) is 0 Å². The minimum atomic E-state index is -0.0803. The molecule has 0 atom stereocenters. The first-order valence-corrected chi connectivity index (χ1v) is 49.5. The summed E-state index contributed by atoms with van der Waals surface area (Å²) in [5, 5.41) is 15.6. The van der Waals surface area contributed by atoms with E-state index in [4.69, 9.17) is 0 Å². The van der Waals surface area contributed by atoms with Gasteiger partial charge in [-0.1, -0.05) is 399 Å². The Morgan fingerprint density at radius 3 is 0.912 bits per heavy atom. The van der Waals surface area contributed by atoms with Crippen LogP contribution in [0.5, 0.6) is 0 Å². The van der Waals surface area contributed by atoms with Crippen LogP contribution < -0.4 is 14.7 Å². The van der Waals surface area contributed by atoms with Crippen molar-refractivity contribution in [3.63, 3.8) is 0 Å². The van der Waals surface area contributed by atoms with Gasteiger partial charge in [-0.15, -0.1) is 0 Å². The number of fused-ring (bicyclic) bond motifs is 21. The van der Waals surface area contributed by atoms with Crippen LogP contribution in [0.3, 0.4) is 0 Å². The van der Waals surface area contributed by atoms with Crippen LogP contribution in [0.1, 0.15) is 128 Å². The summed E-state index contributed by atoms with van der Waals surface area (Å²) in [5.74, 6) is 0. The van der Waals surface area contributed by atoms with Gasteiger partial charge in [0.25, 0.3) is 0 Å². The molecule has 3 aliphatic heterocycles. The highest BCUT2D eigenvalue weighted by Gasteiger charge is 2.41. The van der Waals surface area contributed by atoms with E-state index in [1.165, 1.54) is 281 Å². The topological polar surface area (TPSA) is 9.72 Å². The second-order valence-electron chi connectivity index (χ2n) is 41.3. The van der Waals surface area contributed by atoms with Gasteiger partial charge in [-0.25, -0.2) is 0 Å². The molecule has 137 heavy (non-hydrogen) atoms. The summed E-state index contributed by atoms with van der Waals surface area (Å²) in [6.45, 7) is 25.6. The van der Waals surface area contributed by atoms with E-state index in [0.29, 0.717) is 0 Å². The van der Waals surface area contributed by atoms with Crippen LogP contribution in [0.15, 0.2) is 392 Å². The third-order valence-corrected chi connectivity index (χ3v) is 33.1. The lowest BCUT2D eigenvalue weighted by Gasteiger charge is -2.40. The molecular weight excluding hydrogens is 1670 g/mol. The predicted octanol–water partition coefficient (Wildman–Crippen LogP) is 36.1. The second-order valence-corrected chi connectivity index (χ2v) is 42.4. The standard InChI is InChI=1S/C46H39N.C44H35N.C43H33NS/c1-28-19-22-35-36(25-28)44(29-20-23-32-31-13-9-10-16-37(31)45(2,3)40(32)26-29)34-15-8-7-14-33(34)43(35)30-21-24-39-42(27-30)47(6)41-18-12-11-17-38(41)46(39,4)5;1-27-17-21-36-37(23-27)43(30-20-22-33-32-12-8-9-15-38(32)44(2,3)39(33)25-30)35-14-7-6-13-34(35)42(36)31-19-18-29-24-28-11-5-10-16-40(28)45(4)41(29)26-31;1-26-17-20-33-34(23-26)42(27-18-21-30-29-11-7-8-14-35(29)43(2,3)36(30)24-27)32-13-6-5-12-31(32)41(33)28-19-22-40-38(25-28)44(4)37-15-9-10-16-39(37)45-40/h7-27H,1-6H3;5-23,25-26H,24H2,1-4H3;5-25H,1-4H3. The number of benzene rings is 21. The van der Waals surface area contributed by atoms with Gasteiger partial charge in [-0.3, -0.25) is 0 Å². The number of hydrogen-bond donors (Lipinski definition) is 0. The quantitative estimate of drug-likeness (QED) is 0.153. The Kier molecular flexibility index (Phi) is 19.1. The van der Waals surface area contributed by atoms with Crippen LogP contribution in [-0.2, 0) is 28.1 Å². The highest BCUT2D eigenvalue weighted by Crippen LogP contribution is 2.59. The molecule has 0 amide bonds. The molecule has 27 rings (SSSR count). The first kappa shape index (κ1) is 83.7. The zero-order chi connectivity index (χ0) is 93.1. The number of nitrogens with zero attached hydrogens (tertiary/aromatic N) is 3. The van der Waals surface area contributed by atoms with Crippen LogP contribution in [0.2, 0.25) is 0 Å². The molecule has 3 heterocycles. The molecule has 4 heteroatoms. The van der Waals surface area contributed by atoms with Crippen LogP contribution in [-0.4, -0.2) is 21.1 Å². The first-order chi connectivity index (χ1) is 66.5. The maximum atomic E-state index is 2.48. The summed E-state index contributed by atoms with van der Waals surface area (Å²) in [7, 11) is 6.61. The van der Waals surface area contributed by atoms with Crippen molar-refractivity contribution in [1.29, 1.82) is 0 Å². The fourth-order valence-electron chi connectivity index (χ4n) is 25.0. The van der Waals surface area contributed by atoms with Crippen molar-refractivity contribution in [2.24, 2.45) is 0 Å². The molecule has 3 nitrogen and oxygen atoms in total. The number of aryl methyl sites for hydroxylation is 3. The third-order valence-electron chi connectivity index (χ3n) is 31.9. The van der Waals surface area contributed by atoms with E-state index in [9.17, 15) is 0 Å². The average Bonchev–Trinajstić information content (AvgIpc) is 1.69. The average molecular weight is 1780 g/mol. The summed E-state index contributed by atoms with van der Waals surface area (Å²) in [4.78, 5) is 9.69. The van der Waals surface area contributed by atoms with Crippen molar-refractivity contribution in [1.82, 2.24) is 0 Å². The summed E-state index contributed by atoms with van der Waals surface area (Å²) < 4.78 is 0. The van der Waals surface area contributed by atoms with Crippen molar-refractivity contribution < 1.29 is 0 Å². The molecule has 0 N–H and O–H groups in total. The minimum Gasteiger partial charge on any atom is -0.344 e. The van der Waals surface area contributed by atoms with Crippen molar-refractivity contribution in [2.75, 3.05) is 35.8 Å². The molecule has 0 saturated heterocycles. The van der Waals surface area contributed by atoms with Gasteiger partial charge < -0.3 is 14.7 Å². The second kappa shape index (κ2) is 31.2. The van der Waals surface area contributed by atoms with Gasteiger partial charge in [-0.05, 0) is 308 Å². The molecule has 0 radical (unpaired) electrons. The van der Waals surface area contributed by atoms with E-state index in [-0.39, 0.29) is 21.7 Å². The molecule has 0 saturated carbocycles. The lowest BCUT2D eigenvalue weighted by Crippen LogP contribution is -2.30. The maximum Gasteiger partial charge on any atom is 0.0556 e. The lowest BCUT2D eigenvalue weighted by atomic mass is 9.73. The molecule has 0 unspecified atom stereocenters. The fraction of sp³-hybridized carbons (Fsp3) is 0.143. The predicted molar refractivity (Wildman–Crippen MR) is 586 cm³/mol. The highest BCUT2D eigenvalue weighted by atomic mass is 32.2. The number of hydrogen-bond acceptors (Lipinski definition) is 4. The summed E-state index contributed by atoms with van der Waals surface area (Å²) in [6, 6.07) is 144. The zero-order valence-corrected chi connectivity index (χ0v) is 81.1. The van der Waals surface area contributed by atoms with Crippen LogP contribution in [0, 0.1) is 20.8 Å². The normalized spacial score (nSPS) is 14.6. The lowest BCUT2D eigenvalue weighted by molar-refractivity contribution is 0.629. The fourth-order valence-corrected chi connectivity index (χ4v) is 26.1. The van der Waals surface area contributed by atoms with Gasteiger partial charge in [-0.2, -0.15) is 0 Å². The zero-order valence-electron chi connectivity index (χ0n) is 80.3. The number of anilines is 6. The van der Waals surface area contributed by atoms with Gasteiger partial charge in [0, 0.05) is 81.8 Å². The van der Waals surface area contributed by atoms with Gasteiger partial charge >= 0.3 is 0 Å². The maximum absolute atomic E-state index is 2.48. The Labute approximate surface area is 809 Å². The Hall–Kier alpha value is -15.1. The smallest absolute Gasteiger partial charge is 0.0556 e. The molecule has 0 aromatic heterocycles.